The Bertz CT molecular complexity index is 809. The fourth-order valence-corrected chi connectivity index (χ4v) is 3.17. The van der Waals surface area contributed by atoms with Gasteiger partial charge < -0.3 is 10.5 Å². The van der Waals surface area contributed by atoms with E-state index in [9.17, 15) is 9.59 Å². The summed E-state index contributed by atoms with van der Waals surface area (Å²) in [5.74, 6) is 0.00328. The summed E-state index contributed by atoms with van der Waals surface area (Å²) in [5, 5.41) is 0.699. The molecule has 0 atom stereocenters. The number of aromatic nitrogens is 2. The molecule has 0 radical (unpaired) electrons. The highest BCUT2D eigenvalue weighted by molar-refractivity contribution is 6.35. The summed E-state index contributed by atoms with van der Waals surface area (Å²) >= 11 is 6.14. The predicted molar refractivity (Wildman–Crippen MR) is 86.8 cm³/mol. The van der Waals surface area contributed by atoms with Gasteiger partial charge in [0.15, 0.2) is 5.15 Å². The van der Waals surface area contributed by atoms with E-state index < -0.39 is 12.0 Å². The average molecular weight is 336 g/mol. The Morgan fingerprint density at radius 1 is 1.43 bits per heavy atom. The number of esters is 1. The largest absolute Gasteiger partial charge is 0.462 e. The molecule has 122 valence electrons. The monoisotopic (exact) mass is 335 g/mol. The maximum Gasteiger partial charge on any atom is 0.340 e. The Hall–Kier alpha value is -2.08. The molecule has 2 N–H and O–H groups in total. The van der Waals surface area contributed by atoms with Crippen LogP contribution in [-0.2, 0) is 4.74 Å². The number of aryl methyl sites for hydroxylation is 1. The molecule has 0 bridgehead atoms. The van der Waals surface area contributed by atoms with Crippen LogP contribution in [0.2, 0.25) is 5.15 Å². The van der Waals surface area contributed by atoms with E-state index in [1.807, 2.05) is 6.92 Å². The number of carbonyl (C=O) groups is 2. The third-order valence-electron chi connectivity index (χ3n) is 4.60. The number of nitrogens with two attached hydrogens (primary N) is 1. The smallest absolute Gasteiger partial charge is 0.340 e. The zero-order chi connectivity index (χ0) is 16.7. The number of pyridine rings is 1. The van der Waals surface area contributed by atoms with Gasteiger partial charge in [-0.15, -0.1) is 0 Å². The molecule has 1 amide bonds. The highest BCUT2D eigenvalue weighted by Gasteiger charge is 2.25. The van der Waals surface area contributed by atoms with Crippen molar-refractivity contribution >= 4 is 34.5 Å². The van der Waals surface area contributed by atoms with Gasteiger partial charge in [-0.05, 0) is 38.2 Å². The van der Waals surface area contributed by atoms with Gasteiger partial charge in [0.2, 0.25) is 0 Å². The molecule has 2 aromatic heterocycles. The van der Waals surface area contributed by atoms with Crippen LogP contribution in [0.5, 0.6) is 0 Å². The van der Waals surface area contributed by atoms with E-state index >= 15 is 0 Å². The number of fused-ring (bicyclic) bond motifs is 1. The molecule has 3 rings (SSSR count). The highest BCUT2D eigenvalue weighted by atomic mass is 35.5. The van der Waals surface area contributed by atoms with Crippen molar-refractivity contribution in [1.29, 1.82) is 0 Å². The lowest BCUT2D eigenvalue weighted by molar-refractivity contribution is 0.0373. The molecule has 0 saturated heterocycles. The number of hydrogen-bond acceptors (Lipinski definition) is 4. The summed E-state index contributed by atoms with van der Waals surface area (Å²) in [6, 6.07) is -0.663. The zero-order valence-corrected chi connectivity index (χ0v) is 13.8. The fourth-order valence-electron chi connectivity index (χ4n) is 2.94. The molecule has 2 aromatic rings. The van der Waals surface area contributed by atoms with Crippen LogP contribution in [0, 0.1) is 19.8 Å². The Kier molecular flexibility index (Phi) is 4.02. The van der Waals surface area contributed by atoms with E-state index in [1.54, 1.807) is 6.92 Å². The minimum Gasteiger partial charge on any atom is -0.462 e. The molecule has 1 aliphatic rings. The second-order valence-corrected chi connectivity index (χ2v) is 6.32. The van der Waals surface area contributed by atoms with Crippen LogP contribution < -0.4 is 5.73 Å². The first-order valence-corrected chi connectivity index (χ1v) is 7.92. The third-order valence-corrected chi connectivity index (χ3v) is 4.88. The molecular weight excluding hydrogens is 318 g/mol. The van der Waals surface area contributed by atoms with Crippen molar-refractivity contribution in [2.24, 2.45) is 11.7 Å². The van der Waals surface area contributed by atoms with Crippen molar-refractivity contribution in [1.82, 2.24) is 9.55 Å². The quantitative estimate of drug-likeness (QED) is 0.689. The molecule has 2 heterocycles. The van der Waals surface area contributed by atoms with Gasteiger partial charge in [0.05, 0.1) is 17.7 Å². The first-order valence-electron chi connectivity index (χ1n) is 7.54. The molecule has 0 spiro atoms. The van der Waals surface area contributed by atoms with Gasteiger partial charge in [-0.3, -0.25) is 4.57 Å². The molecule has 0 aromatic carbocycles. The third kappa shape index (κ3) is 2.57. The van der Waals surface area contributed by atoms with E-state index in [1.165, 1.54) is 17.2 Å². The normalized spacial score (nSPS) is 14.7. The van der Waals surface area contributed by atoms with Crippen LogP contribution in [0.4, 0.5) is 4.79 Å². The lowest BCUT2D eigenvalue weighted by atomic mass is 9.86. The van der Waals surface area contributed by atoms with Crippen LogP contribution in [0.3, 0.4) is 0 Å². The van der Waals surface area contributed by atoms with Crippen molar-refractivity contribution < 1.29 is 14.3 Å². The number of ether oxygens (including phenoxy) is 1. The van der Waals surface area contributed by atoms with Gasteiger partial charge in [-0.2, -0.15) is 0 Å². The summed E-state index contributed by atoms with van der Waals surface area (Å²) in [5.41, 5.74) is 7.50. The SMILES string of the molecule is Cc1c(C)n(C(N)=O)c2c(Cl)ncc(C(=O)OCC3CCC3)c12. The van der Waals surface area contributed by atoms with Gasteiger partial charge in [-0.1, -0.05) is 18.0 Å². The van der Waals surface area contributed by atoms with Crippen LogP contribution in [0.25, 0.3) is 10.9 Å². The molecule has 0 unspecified atom stereocenters. The van der Waals surface area contributed by atoms with E-state index in [-0.39, 0.29) is 5.15 Å². The Morgan fingerprint density at radius 2 is 2.13 bits per heavy atom. The van der Waals surface area contributed by atoms with Gasteiger partial charge in [0.25, 0.3) is 0 Å². The maximum atomic E-state index is 12.4. The van der Waals surface area contributed by atoms with Crippen molar-refractivity contribution in [3.63, 3.8) is 0 Å². The van der Waals surface area contributed by atoms with Crippen LogP contribution >= 0.6 is 11.6 Å². The standard InChI is InChI=1S/C16H18ClN3O3/c1-8-9(2)20(16(18)22)13-12(8)11(6-19-14(13)17)15(21)23-7-10-4-3-5-10/h6,10H,3-5,7H2,1-2H3,(H2,18,22). The second-order valence-electron chi connectivity index (χ2n) is 5.97. The van der Waals surface area contributed by atoms with Crippen LogP contribution in [0.1, 0.15) is 40.9 Å². The summed E-state index contributed by atoms with van der Waals surface area (Å²) in [6.07, 6.45) is 4.77. The Balaban J connectivity index is 2.07. The molecule has 1 aliphatic carbocycles. The maximum absolute atomic E-state index is 12.4. The van der Waals surface area contributed by atoms with Crippen molar-refractivity contribution in [3.8, 4) is 0 Å². The predicted octanol–water partition coefficient (Wildman–Crippen LogP) is 3.19. The van der Waals surface area contributed by atoms with E-state index in [0.717, 1.165) is 18.4 Å². The average Bonchev–Trinajstić information content (AvgIpc) is 2.71. The molecule has 0 aliphatic heterocycles. The van der Waals surface area contributed by atoms with Gasteiger partial charge >= 0.3 is 12.0 Å². The van der Waals surface area contributed by atoms with Crippen molar-refractivity contribution in [3.05, 3.63) is 28.2 Å². The minimum absolute atomic E-state index is 0.130. The Labute approximate surface area is 138 Å². The number of rotatable bonds is 3. The number of nitrogens with zero attached hydrogens (tertiary/aromatic N) is 2. The molecule has 7 heteroatoms. The minimum atomic E-state index is -0.663. The van der Waals surface area contributed by atoms with Crippen molar-refractivity contribution in [2.75, 3.05) is 6.61 Å². The number of halogens is 1. The van der Waals surface area contributed by atoms with Crippen LogP contribution in [-0.4, -0.2) is 28.2 Å². The number of primary amides is 1. The first kappa shape index (κ1) is 15.8. The molecular formula is C16H18ClN3O3. The molecule has 1 fully saturated rings. The zero-order valence-electron chi connectivity index (χ0n) is 13.1. The van der Waals surface area contributed by atoms with E-state index in [0.29, 0.717) is 34.7 Å². The molecule has 1 saturated carbocycles. The van der Waals surface area contributed by atoms with Gasteiger partial charge in [0, 0.05) is 17.3 Å². The summed E-state index contributed by atoms with van der Waals surface area (Å²) in [7, 11) is 0. The lowest BCUT2D eigenvalue weighted by Gasteiger charge is -2.24. The lowest BCUT2D eigenvalue weighted by Crippen LogP contribution is -2.21. The first-order chi connectivity index (χ1) is 10.9. The number of amides is 1. The van der Waals surface area contributed by atoms with E-state index in [4.69, 9.17) is 22.1 Å². The second kappa shape index (κ2) is 5.85. The Morgan fingerprint density at radius 3 is 2.70 bits per heavy atom. The van der Waals surface area contributed by atoms with Gasteiger partial charge in [-0.25, -0.2) is 14.6 Å². The number of carbonyl (C=O) groups excluding carboxylic acids is 2. The fraction of sp³-hybridized carbons (Fsp3) is 0.438. The summed E-state index contributed by atoms with van der Waals surface area (Å²) in [4.78, 5) is 28.2. The van der Waals surface area contributed by atoms with Crippen molar-refractivity contribution in [2.45, 2.75) is 33.1 Å². The van der Waals surface area contributed by atoms with Crippen LogP contribution in [0.15, 0.2) is 6.20 Å². The van der Waals surface area contributed by atoms with Gasteiger partial charge in [0.1, 0.15) is 0 Å². The molecule has 6 nitrogen and oxygen atoms in total. The highest BCUT2D eigenvalue weighted by Crippen LogP contribution is 2.33. The topological polar surface area (TPSA) is 87.2 Å². The van der Waals surface area contributed by atoms with E-state index in [2.05, 4.69) is 4.98 Å². The summed E-state index contributed by atoms with van der Waals surface area (Å²) in [6.45, 7) is 3.98. The number of hydrogen-bond donors (Lipinski definition) is 1. The molecule has 23 heavy (non-hydrogen) atoms. The summed E-state index contributed by atoms with van der Waals surface area (Å²) < 4.78 is 6.68.